The second kappa shape index (κ2) is 9.79. The molecule has 1 unspecified atom stereocenters. The van der Waals surface area contributed by atoms with Crippen molar-refractivity contribution >= 4 is 44.9 Å². The molecule has 2 aromatic carbocycles. The molecular weight excluding hydrogens is 508 g/mol. The Labute approximate surface area is 221 Å². The van der Waals surface area contributed by atoms with Crippen LogP contribution < -0.4 is 14.4 Å². The minimum absolute atomic E-state index is 0.0635. The lowest BCUT2D eigenvalue weighted by Gasteiger charge is -2.24. The number of nitrogens with zero attached hydrogens (tertiary/aromatic N) is 2. The maximum Gasteiger partial charge on any atom is 0.296 e. The number of aromatic nitrogens is 1. The number of aliphatic hydroxyl groups excluding tert-OH is 1. The predicted octanol–water partition coefficient (Wildman–Crippen LogP) is 5.59. The van der Waals surface area contributed by atoms with Gasteiger partial charge in [0.1, 0.15) is 5.75 Å². The van der Waals surface area contributed by atoms with Crippen molar-refractivity contribution in [1.82, 2.24) is 4.98 Å². The summed E-state index contributed by atoms with van der Waals surface area (Å²) in [4.78, 5) is 45.5. The monoisotopic (exact) mass is 532 g/mol. The van der Waals surface area contributed by atoms with Gasteiger partial charge in [0.05, 0.1) is 35.9 Å². The Kier molecular flexibility index (Phi) is 6.50. The number of benzene rings is 2. The molecule has 1 N–H and O–H groups in total. The van der Waals surface area contributed by atoms with Crippen LogP contribution in [0.3, 0.4) is 0 Å². The fourth-order valence-electron chi connectivity index (χ4n) is 4.54. The van der Waals surface area contributed by atoms with E-state index in [1.165, 1.54) is 18.9 Å². The highest BCUT2D eigenvalue weighted by Crippen LogP contribution is 2.45. The fraction of sp³-hybridized carbons (Fsp3) is 0.214. The number of aliphatic hydroxyl groups is 1. The Balaban J connectivity index is 1.67. The van der Waals surface area contributed by atoms with Crippen molar-refractivity contribution in [2.75, 3.05) is 18.6 Å². The molecule has 2 aromatic heterocycles. The maximum atomic E-state index is 13.9. The first-order valence-corrected chi connectivity index (χ1v) is 12.7. The van der Waals surface area contributed by atoms with Crippen LogP contribution in [0.2, 0.25) is 0 Å². The number of anilines is 1. The van der Waals surface area contributed by atoms with Crippen molar-refractivity contribution in [3.8, 4) is 11.5 Å². The second-order valence-electron chi connectivity index (χ2n) is 8.63. The summed E-state index contributed by atoms with van der Waals surface area (Å²) in [6.07, 6.45) is 0. The molecule has 1 aliphatic rings. The summed E-state index contributed by atoms with van der Waals surface area (Å²) in [6, 6.07) is 12.7. The lowest BCUT2D eigenvalue weighted by atomic mass is 9.95. The maximum absolute atomic E-state index is 13.9. The molecule has 0 saturated heterocycles. The van der Waals surface area contributed by atoms with E-state index >= 15 is 0 Å². The van der Waals surface area contributed by atoms with Gasteiger partial charge in [-0.2, -0.15) is 0 Å². The Hall–Kier alpha value is -4.44. The van der Waals surface area contributed by atoms with Crippen LogP contribution in [0.4, 0.5) is 5.13 Å². The molecule has 4 aromatic rings. The minimum atomic E-state index is -1.05. The Morgan fingerprint density at radius 1 is 1.18 bits per heavy atom. The Morgan fingerprint density at radius 2 is 1.95 bits per heavy atom. The van der Waals surface area contributed by atoms with Crippen LogP contribution in [-0.4, -0.2) is 41.3 Å². The average Bonchev–Trinajstić information content (AvgIpc) is 3.58. The van der Waals surface area contributed by atoms with Gasteiger partial charge in [-0.3, -0.25) is 19.3 Å². The van der Waals surface area contributed by atoms with E-state index in [4.69, 9.17) is 13.9 Å². The minimum Gasteiger partial charge on any atom is -0.503 e. The molecule has 1 aliphatic heterocycles. The molecule has 0 aliphatic carbocycles. The molecule has 1 atom stereocenters. The number of para-hydroxylation sites is 1. The molecular formula is C28H24N2O7S. The zero-order valence-corrected chi connectivity index (χ0v) is 21.9. The van der Waals surface area contributed by atoms with E-state index in [-0.39, 0.29) is 22.2 Å². The number of methoxy groups -OCH3 is 1. The SMILES string of the molecule is CCOc1cccc(C2C(C(=O)c3cc4cccc(OC)c4o3)=C(O)C(=O)N2c2nc(C)c(C(C)=O)s2)c1. The summed E-state index contributed by atoms with van der Waals surface area (Å²) < 4.78 is 16.8. The molecule has 0 saturated carbocycles. The van der Waals surface area contributed by atoms with E-state index in [1.54, 1.807) is 55.5 Å². The normalized spacial score (nSPS) is 15.4. The lowest BCUT2D eigenvalue weighted by molar-refractivity contribution is -0.117. The first-order chi connectivity index (χ1) is 18.2. The molecule has 10 heteroatoms. The topological polar surface area (TPSA) is 119 Å². The van der Waals surface area contributed by atoms with Crippen LogP contribution in [0, 0.1) is 6.92 Å². The number of fused-ring (bicyclic) bond motifs is 1. The number of carbonyl (C=O) groups excluding carboxylic acids is 3. The van der Waals surface area contributed by atoms with E-state index < -0.39 is 23.5 Å². The number of amides is 1. The molecule has 0 spiro atoms. The van der Waals surface area contributed by atoms with E-state index in [9.17, 15) is 19.5 Å². The van der Waals surface area contributed by atoms with Gasteiger partial charge in [-0.1, -0.05) is 35.6 Å². The summed E-state index contributed by atoms with van der Waals surface area (Å²) in [6.45, 7) is 5.34. The molecule has 0 fully saturated rings. The van der Waals surface area contributed by atoms with Crippen molar-refractivity contribution in [3.63, 3.8) is 0 Å². The highest BCUT2D eigenvalue weighted by atomic mass is 32.1. The number of thiazole rings is 1. The predicted molar refractivity (Wildman–Crippen MR) is 141 cm³/mol. The third-order valence-corrected chi connectivity index (χ3v) is 7.46. The molecule has 5 rings (SSSR count). The summed E-state index contributed by atoms with van der Waals surface area (Å²) in [5, 5.41) is 11.9. The number of furan rings is 1. The highest BCUT2D eigenvalue weighted by molar-refractivity contribution is 7.17. The highest BCUT2D eigenvalue weighted by Gasteiger charge is 2.47. The summed E-state index contributed by atoms with van der Waals surface area (Å²) in [5.41, 5.74) is 1.17. The number of ether oxygens (including phenoxy) is 2. The lowest BCUT2D eigenvalue weighted by Crippen LogP contribution is -2.31. The van der Waals surface area contributed by atoms with Crippen molar-refractivity contribution < 1.29 is 33.4 Å². The molecule has 194 valence electrons. The summed E-state index contributed by atoms with van der Waals surface area (Å²) in [5.74, 6) is -1.47. The van der Waals surface area contributed by atoms with Gasteiger partial charge in [0.25, 0.3) is 5.91 Å². The summed E-state index contributed by atoms with van der Waals surface area (Å²) >= 11 is 1.03. The van der Waals surface area contributed by atoms with Crippen molar-refractivity contribution in [2.45, 2.75) is 26.8 Å². The van der Waals surface area contributed by atoms with Gasteiger partial charge >= 0.3 is 0 Å². The first kappa shape index (κ1) is 25.2. The standard InChI is InChI=1S/C28H24N2O7S/c1-5-36-18-10-6-8-16(12-18)22-21(23(32)20-13-17-9-7-11-19(35-4)25(17)37-20)24(33)27(34)30(22)28-29-14(2)26(38-28)15(3)31/h6-13,22,33H,5H2,1-4H3. The van der Waals surface area contributed by atoms with Crippen LogP contribution in [-0.2, 0) is 4.79 Å². The summed E-state index contributed by atoms with van der Waals surface area (Å²) in [7, 11) is 1.49. The van der Waals surface area contributed by atoms with Gasteiger partial charge in [0, 0.05) is 12.3 Å². The van der Waals surface area contributed by atoms with E-state index in [2.05, 4.69) is 4.98 Å². The van der Waals surface area contributed by atoms with E-state index in [1.807, 2.05) is 6.92 Å². The number of ketones is 2. The second-order valence-corrected chi connectivity index (χ2v) is 9.61. The van der Waals surface area contributed by atoms with Gasteiger partial charge in [-0.25, -0.2) is 4.98 Å². The van der Waals surface area contributed by atoms with Crippen molar-refractivity contribution in [3.05, 3.63) is 81.8 Å². The van der Waals surface area contributed by atoms with Gasteiger partial charge < -0.3 is 19.0 Å². The Bertz CT molecular complexity index is 1630. The fourth-order valence-corrected chi connectivity index (χ4v) is 5.53. The number of hydrogen-bond acceptors (Lipinski definition) is 9. The third-order valence-electron chi connectivity index (χ3n) is 6.20. The van der Waals surface area contributed by atoms with E-state index in [0.29, 0.717) is 45.2 Å². The van der Waals surface area contributed by atoms with Crippen LogP contribution in [0.15, 0.2) is 64.3 Å². The van der Waals surface area contributed by atoms with Gasteiger partial charge in [0.15, 0.2) is 33.8 Å². The first-order valence-electron chi connectivity index (χ1n) is 11.8. The van der Waals surface area contributed by atoms with Crippen molar-refractivity contribution in [1.29, 1.82) is 0 Å². The largest absolute Gasteiger partial charge is 0.503 e. The Morgan fingerprint density at radius 3 is 2.63 bits per heavy atom. The molecule has 1 amide bonds. The van der Waals surface area contributed by atoms with Crippen LogP contribution >= 0.6 is 11.3 Å². The van der Waals surface area contributed by atoms with Gasteiger partial charge in [-0.15, -0.1) is 0 Å². The number of Topliss-reactive ketones (excluding diaryl/α,β-unsaturated/α-hetero) is 2. The van der Waals surface area contributed by atoms with Crippen LogP contribution in [0.1, 0.15) is 51.4 Å². The average molecular weight is 533 g/mol. The number of hydrogen-bond donors (Lipinski definition) is 1. The smallest absolute Gasteiger partial charge is 0.296 e. The quantitative estimate of drug-likeness (QED) is 0.292. The number of carbonyl (C=O) groups is 3. The van der Waals surface area contributed by atoms with Crippen LogP contribution in [0.5, 0.6) is 11.5 Å². The molecule has 9 nitrogen and oxygen atoms in total. The van der Waals surface area contributed by atoms with Crippen molar-refractivity contribution in [2.24, 2.45) is 0 Å². The molecule has 0 bridgehead atoms. The molecule has 38 heavy (non-hydrogen) atoms. The number of aryl methyl sites for hydroxylation is 1. The van der Waals surface area contributed by atoms with Gasteiger partial charge in [0.2, 0.25) is 5.78 Å². The zero-order valence-electron chi connectivity index (χ0n) is 21.1. The third kappa shape index (κ3) is 4.12. The zero-order chi connectivity index (χ0) is 27.1. The molecule has 3 heterocycles. The molecule has 0 radical (unpaired) electrons. The number of rotatable bonds is 8. The van der Waals surface area contributed by atoms with Crippen LogP contribution in [0.25, 0.3) is 11.0 Å². The van der Waals surface area contributed by atoms with E-state index in [0.717, 1.165) is 11.3 Å². The van der Waals surface area contributed by atoms with Gasteiger partial charge in [-0.05, 0) is 43.7 Å².